The van der Waals surface area contributed by atoms with Crippen molar-refractivity contribution in [3.63, 3.8) is 0 Å². The number of fused-ring (bicyclic) bond motifs is 4. The van der Waals surface area contributed by atoms with E-state index in [1.54, 1.807) is 0 Å². The molecule has 296 valence electrons. The van der Waals surface area contributed by atoms with E-state index in [9.17, 15) is 0 Å². The number of para-hydroxylation sites is 3. The quantitative estimate of drug-likeness (QED) is 0.154. The minimum atomic E-state index is -0.133. The summed E-state index contributed by atoms with van der Waals surface area (Å²) in [5.74, 6) is 2.46. The summed E-state index contributed by atoms with van der Waals surface area (Å²) in [6.07, 6.45) is 2.92. The number of aromatic nitrogens is 2. The number of nitrogens with zero attached hydrogens (tertiary/aromatic N) is 4. The molecular formula is C54H54N4O. The van der Waals surface area contributed by atoms with Crippen molar-refractivity contribution in [3.8, 4) is 17.3 Å². The molecule has 1 unspecified atom stereocenters. The molecule has 6 aromatic carbocycles. The zero-order valence-corrected chi connectivity index (χ0v) is 35.6. The standard InChI is InChI=1S/C54H54N4O/c1-9-54(8,37-18-11-10-12-19-37)40-30-39(53(5,6)7)31-42(32-40)57-36-56(48-24-15-16-25-49(48)57)41-20-17-21-43(34-41)59-44-26-27-46-45-22-13-14-23-47(45)58(50(46)35-44)51-33-38(28-29-55-51)52(2,3)4/h10-35H,9,36H2,1-8H3. The van der Waals surface area contributed by atoms with E-state index < -0.39 is 0 Å². The van der Waals surface area contributed by atoms with Gasteiger partial charge in [0.2, 0.25) is 0 Å². The largest absolute Gasteiger partial charge is 0.457 e. The Hall–Kier alpha value is -6.33. The highest BCUT2D eigenvalue weighted by molar-refractivity contribution is 6.09. The van der Waals surface area contributed by atoms with Crippen molar-refractivity contribution in [1.29, 1.82) is 0 Å². The summed E-state index contributed by atoms with van der Waals surface area (Å²) in [4.78, 5) is 9.75. The molecule has 0 amide bonds. The first-order valence-corrected chi connectivity index (χ1v) is 21.0. The van der Waals surface area contributed by atoms with Crippen LogP contribution in [0.3, 0.4) is 0 Å². The zero-order chi connectivity index (χ0) is 41.1. The van der Waals surface area contributed by atoms with Gasteiger partial charge in [-0.2, -0.15) is 0 Å². The lowest BCUT2D eigenvalue weighted by atomic mass is 9.72. The highest BCUT2D eigenvalue weighted by Gasteiger charge is 2.33. The van der Waals surface area contributed by atoms with Crippen LogP contribution in [0.25, 0.3) is 27.6 Å². The molecule has 0 aliphatic carbocycles. The molecule has 0 fully saturated rings. The molecule has 9 rings (SSSR count). The number of hydrogen-bond donors (Lipinski definition) is 0. The molecule has 3 heterocycles. The first-order valence-electron chi connectivity index (χ1n) is 21.0. The number of benzene rings is 6. The lowest BCUT2D eigenvalue weighted by Gasteiger charge is -2.33. The average Bonchev–Trinajstić information content (AvgIpc) is 3.79. The minimum absolute atomic E-state index is 0.000851. The lowest BCUT2D eigenvalue weighted by molar-refractivity contribution is 0.483. The van der Waals surface area contributed by atoms with Crippen molar-refractivity contribution in [2.45, 2.75) is 78.1 Å². The second-order valence-electron chi connectivity index (χ2n) is 18.3. The second kappa shape index (κ2) is 14.5. The molecule has 2 aromatic heterocycles. The van der Waals surface area contributed by atoms with E-state index in [1.165, 1.54) is 50.1 Å². The van der Waals surface area contributed by atoms with E-state index in [-0.39, 0.29) is 16.2 Å². The van der Waals surface area contributed by atoms with Crippen molar-refractivity contribution in [3.05, 3.63) is 180 Å². The summed E-state index contributed by atoms with van der Waals surface area (Å²) in [6.45, 7) is 19.0. The molecule has 5 nitrogen and oxygen atoms in total. The summed E-state index contributed by atoms with van der Waals surface area (Å²) in [7, 11) is 0. The van der Waals surface area contributed by atoms with Crippen LogP contribution in [-0.4, -0.2) is 16.2 Å². The van der Waals surface area contributed by atoms with E-state index in [2.05, 4.69) is 215 Å². The first-order chi connectivity index (χ1) is 28.3. The normalized spacial score (nSPS) is 14.2. The summed E-state index contributed by atoms with van der Waals surface area (Å²) < 4.78 is 9.00. The smallest absolute Gasteiger partial charge is 0.137 e. The Bertz CT molecular complexity index is 2820. The van der Waals surface area contributed by atoms with Gasteiger partial charge in [-0.3, -0.25) is 4.57 Å². The lowest BCUT2D eigenvalue weighted by Crippen LogP contribution is -2.27. The second-order valence-corrected chi connectivity index (χ2v) is 18.3. The van der Waals surface area contributed by atoms with E-state index in [0.717, 1.165) is 40.5 Å². The molecule has 0 N–H and O–H groups in total. The third kappa shape index (κ3) is 6.93. The Labute approximate surface area is 349 Å². The van der Waals surface area contributed by atoms with Gasteiger partial charge >= 0.3 is 0 Å². The van der Waals surface area contributed by atoms with E-state index in [4.69, 9.17) is 9.72 Å². The van der Waals surface area contributed by atoms with Gasteiger partial charge in [-0.1, -0.05) is 128 Å². The van der Waals surface area contributed by atoms with Gasteiger partial charge in [-0.15, -0.1) is 0 Å². The van der Waals surface area contributed by atoms with E-state index in [1.807, 2.05) is 12.3 Å². The summed E-state index contributed by atoms with van der Waals surface area (Å²) >= 11 is 0. The Kier molecular flexibility index (Phi) is 9.38. The van der Waals surface area contributed by atoms with Crippen LogP contribution in [0, 0.1) is 0 Å². The van der Waals surface area contributed by atoms with E-state index >= 15 is 0 Å². The van der Waals surface area contributed by atoms with Crippen LogP contribution >= 0.6 is 0 Å². The predicted octanol–water partition coefficient (Wildman–Crippen LogP) is 14.5. The Morgan fingerprint density at radius 2 is 1.15 bits per heavy atom. The molecule has 0 saturated carbocycles. The van der Waals surface area contributed by atoms with Gasteiger partial charge in [0.15, 0.2) is 0 Å². The first kappa shape index (κ1) is 38.2. The number of anilines is 4. The van der Waals surface area contributed by atoms with Gasteiger partial charge in [0.1, 0.15) is 24.0 Å². The minimum Gasteiger partial charge on any atom is -0.457 e. The van der Waals surface area contributed by atoms with Crippen molar-refractivity contribution < 1.29 is 4.74 Å². The maximum absolute atomic E-state index is 6.74. The van der Waals surface area contributed by atoms with E-state index in [0.29, 0.717) is 6.67 Å². The van der Waals surface area contributed by atoms with Crippen LogP contribution in [0.2, 0.25) is 0 Å². The van der Waals surface area contributed by atoms with Crippen molar-refractivity contribution in [1.82, 2.24) is 9.55 Å². The van der Waals surface area contributed by atoms with Gasteiger partial charge in [0, 0.05) is 45.9 Å². The maximum atomic E-state index is 6.74. The topological polar surface area (TPSA) is 33.5 Å². The monoisotopic (exact) mass is 774 g/mol. The summed E-state index contributed by atoms with van der Waals surface area (Å²) in [6, 6.07) is 54.8. The van der Waals surface area contributed by atoms with Crippen molar-refractivity contribution in [2.75, 3.05) is 16.5 Å². The van der Waals surface area contributed by atoms with Crippen molar-refractivity contribution >= 4 is 44.6 Å². The van der Waals surface area contributed by atoms with Crippen LogP contribution in [-0.2, 0) is 16.2 Å². The molecule has 59 heavy (non-hydrogen) atoms. The summed E-state index contributed by atoms with van der Waals surface area (Å²) in [5.41, 5.74) is 11.9. The van der Waals surface area contributed by atoms with Gasteiger partial charge in [-0.05, 0) is 106 Å². The predicted molar refractivity (Wildman–Crippen MR) is 248 cm³/mol. The Morgan fingerprint density at radius 1 is 0.508 bits per heavy atom. The van der Waals surface area contributed by atoms with Crippen LogP contribution in [0.4, 0.5) is 22.7 Å². The van der Waals surface area contributed by atoms with Gasteiger partial charge in [0.05, 0.1) is 22.4 Å². The molecule has 1 aliphatic rings. The number of pyridine rings is 1. The number of ether oxygens (including phenoxy) is 1. The van der Waals surface area contributed by atoms with Crippen molar-refractivity contribution in [2.24, 2.45) is 0 Å². The third-order valence-corrected chi connectivity index (χ3v) is 12.4. The molecule has 1 atom stereocenters. The summed E-state index contributed by atoms with van der Waals surface area (Å²) in [5, 5.41) is 2.36. The van der Waals surface area contributed by atoms with Crippen LogP contribution in [0.15, 0.2) is 158 Å². The Morgan fingerprint density at radius 3 is 1.88 bits per heavy atom. The van der Waals surface area contributed by atoms with Gasteiger partial charge < -0.3 is 14.5 Å². The zero-order valence-electron chi connectivity index (χ0n) is 35.6. The Balaban J connectivity index is 1.07. The maximum Gasteiger partial charge on any atom is 0.137 e. The van der Waals surface area contributed by atoms with Crippen LogP contribution in [0.1, 0.15) is 84.1 Å². The fraction of sp³-hybridized carbons (Fsp3) is 0.241. The highest BCUT2D eigenvalue weighted by Crippen LogP contribution is 2.47. The van der Waals surface area contributed by atoms with Crippen LogP contribution in [0.5, 0.6) is 11.5 Å². The molecule has 0 bridgehead atoms. The molecule has 0 radical (unpaired) electrons. The fourth-order valence-corrected chi connectivity index (χ4v) is 8.67. The molecular weight excluding hydrogens is 721 g/mol. The third-order valence-electron chi connectivity index (χ3n) is 12.4. The molecule has 0 saturated heterocycles. The van der Waals surface area contributed by atoms with Gasteiger partial charge in [0.25, 0.3) is 0 Å². The van der Waals surface area contributed by atoms with Crippen LogP contribution < -0.4 is 14.5 Å². The highest BCUT2D eigenvalue weighted by atomic mass is 16.5. The molecule has 1 aliphatic heterocycles. The SMILES string of the molecule is CCC(C)(c1ccccc1)c1cc(N2CN(c3cccc(Oc4ccc5c6ccccc6n(-c6cc(C(C)(C)C)ccn6)c5c4)c3)c3ccccc32)cc(C(C)(C)C)c1. The fourth-order valence-electron chi connectivity index (χ4n) is 8.67. The molecule has 0 spiro atoms. The molecule has 5 heteroatoms. The van der Waals surface area contributed by atoms with Gasteiger partial charge in [-0.25, -0.2) is 4.98 Å². The number of rotatable bonds is 8. The number of hydrogen-bond acceptors (Lipinski definition) is 4. The molecule has 8 aromatic rings. The average molecular weight is 775 g/mol.